The van der Waals surface area contributed by atoms with Gasteiger partial charge in [0.15, 0.2) is 0 Å². The first-order chi connectivity index (χ1) is 11.7. The van der Waals surface area contributed by atoms with E-state index < -0.39 is 9.84 Å². The van der Waals surface area contributed by atoms with Crippen LogP contribution in [0.3, 0.4) is 0 Å². The zero-order chi connectivity index (χ0) is 18.2. The van der Waals surface area contributed by atoms with E-state index in [1.807, 2.05) is 39.8 Å². The Morgan fingerprint density at radius 3 is 2.44 bits per heavy atom. The molecule has 2 aromatic carbocycles. The topological polar surface area (TPSA) is 55.9 Å². The number of rotatable bonds is 5. The minimum atomic E-state index is -3.59. The third kappa shape index (κ3) is 3.88. The highest BCUT2D eigenvalue weighted by molar-refractivity contribution is 7.91. The highest BCUT2D eigenvalue weighted by Gasteiger charge is 2.27. The molecule has 0 saturated carbocycles. The van der Waals surface area contributed by atoms with Crippen LogP contribution in [0.5, 0.6) is 5.75 Å². The van der Waals surface area contributed by atoms with E-state index in [9.17, 15) is 8.42 Å². The maximum absolute atomic E-state index is 13.2. The summed E-state index contributed by atoms with van der Waals surface area (Å²) >= 11 is 0. The van der Waals surface area contributed by atoms with Crippen LogP contribution in [0.4, 0.5) is 0 Å². The van der Waals surface area contributed by atoms with Gasteiger partial charge in [0, 0.05) is 0 Å². The Morgan fingerprint density at radius 2 is 1.84 bits per heavy atom. The van der Waals surface area contributed by atoms with E-state index >= 15 is 0 Å². The molecule has 3 rings (SSSR count). The van der Waals surface area contributed by atoms with Gasteiger partial charge in [-0.25, -0.2) is 8.42 Å². The maximum atomic E-state index is 13.2. The molecule has 1 aliphatic rings. The van der Waals surface area contributed by atoms with Gasteiger partial charge in [-0.05, 0) is 47.7 Å². The quantitative estimate of drug-likeness (QED) is 0.759. The SMILES string of the molecule is Cc1cc(S(=O)(=O)c2ccccc2C(C)(C)C)ccc1OCC1CO1. The Bertz CT molecular complexity index is 875. The van der Waals surface area contributed by atoms with Crippen LogP contribution in [0.2, 0.25) is 0 Å². The molecule has 0 N–H and O–H groups in total. The summed E-state index contributed by atoms with van der Waals surface area (Å²) in [6.45, 7) is 9.14. The Morgan fingerprint density at radius 1 is 1.16 bits per heavy atom. The van der Waals surface area contributed by atoms with Crippen molar-refractivity contribution in [3.8, 4) is 5.75 Å². The Labute approximate surface area is 149 Å². The van der Waals surface area contributed by atoms with Crippen molar-refractivity contribution in [3.63, 3.8) is 0 Å². The molecular weight excluding hydrogens is 336 g/mol. The molecule has 2 aromatic rings. The van der Waals surface area contributed by atoms with Gasteiger partial charge in [0.2, 0.25) is 9.84 Å². The van der Waals surface area contributed by atoms with Crippen molar-refractivity contribution < 1.29 is 17.9 Å². The molecule has 4 nitrogen and oxygen atoms in total. The van der Waals surface area contributed by atoms with E-state index in [-0.39, 0.29) is 16.4 Å². The van der Waals surface area contributed by atoms with E-state index in [2.05, 4.69) is 0 Å². The molecule has 1 aliphatic heterocycles. The van der Waals surface area contributed by atoms with Gasteiger partial charge in [0.25, 0.3) is 0 Å². The molecule has 1 saturated heterocycles. The van der Waals surface area contributed by atoms with Crippen LogP contribution in [0.15, 0.2) is 52.3 Å². The second kappa shape index (κ2) is 6.46. The van der Waals surface area contributed by atoms with Crippen molar-refractivity contribution in [2.24, 2.45) is 0 Å². The van der Waals surface area contributed by atoms with Gasteiger partial charge in [-0.3, -0.25) is 0 Å². The second-order valence-corrected chi connectivity index (χ2v) is 9.36. The van der Waals surface area contributed by atoms with Gasteiger partial charge >= 0.3 is 0 Å². The molecule has 1 unspecified atom stereocenters. The molecule has 0 spiro atoms. The van der Waals surface area contributed by atoms with Crippen molar-refractivity contribution >= 4 is 9.84 Å². The van der Waals surface area contributed by atoms with E-state index in [0.717, 1.165) is 17.7 Å². The molecule has 0 amide bonds. The van der Waals surface area contributed by atoms with Crippen LogP contribution in [-0.4, -0.2) is 27.7 Å². The molecule has 0 aromatic heterocycles. The molecule has 0 radical (unpaired) electrons. The van der Waals surface area contributed by atoms with Gasteiger partial charge < -0.3 is 9.47 Å². The Hall–Kier alpha value is -1.85. The number of aryl methyl sites for hydroxylation is 1. The van der Waals surface area contributed by atoms with Gasteiger partial charge in [-0.15, -0.1) is 0 Å². The molecule has 1 atom stereocenters. The lowest BCUT2D eigenvalue weighted by Gasteiger charge is -2.22. The lowest BCUT2D eigenvalue weighted by Crippen LogP contribution is -2.17. The summed E-state index contributed by atoms with van der Waals surface area (Å²) in [5, 5.41) is 0. The van der Waals surface area contributed by atoms with Crippen LogP contribution >= 0.6 is 0 Å². The van der Waals surface area contributed by atoms with Crippen LogP contribution in [0.1, 0.15) is 31.9 Å². The number of hydrogen-bond acceptors (Lipinski definition) is 4. The summed E-state index contributed by atoms with van der Waals surface area (Å²) < 4.78 is 37.2. The van der Waals surface area contributed by atoms with E-state index in [1.165, 1.54) is 0 Å². The minimum Gasteiger partial charge on any atom is -0.491 e. The van der Waals surface area contributed by atoms with E-state index in [4.69, 9.17) is 9.47 Å². The number of epoxide rings is 1. The summed E-state index contributed by atoms with van der Waals surface area (Å²) in [5.41, 5.74) is 1.36. The fourth-order valence-electron chi connectivity index (χ4n) is 2.75. The predicted molar refractivity (Wildman–Crippen MR) is 97.0 cm³/mol. The first-order valence-corrected chi connectivity index (χ1v) is 9.87. The molecule has 134 valence electrons. The summed E-state index contributed by atoms with van der Waals surface area (Å²) in [7, 11) is -3.59. The average molecular weight is 360 g/mol. The molecule has 1 heterocycles. The van der Waals surface area contributed by atoms with E-state index in [1.54, 1.807) is 30.3 Å². The van der Waals surface area contributed by atoms with Crippen molar-refractivity contribution in [3.05, 3.63) is 53.6 Å². The average Bonchev–Trinajstić information content (AvgIpc) is 3.37. The molecule has 5 heteroatoms. The summed E-state index contributed by atoms with van der Waals surface area (Å²) in [4.78, 5) is 0.652. The number of ether oxygens (including phenoxy) is 2. The maximum Gasteiger partial charge on any atom is 0.206 e. The fourth-order valence-corrected chi connectivity index (χ4v) is 4.50. The Balaban J connectivity index is 1.96. The number of sulfone groups is 1. The van der Waals surface area contributed by atoms with Crippen molar-refractivity contribution in [2.45, 2.75) is 49.0 Å². The van der Waals surface area contributed by atoms with Crippen molar-refractivity contribution in [1.29, 1.82) is 0 Å². The van der Waals surface area contributed by atoms with Gasteiger partial charge in [0.1, 0.15) is 18.5 Å². The summed E-state index contributed by atoms with van der Waals surface area (Å²) in [6, 6.07) is 12.2. The summed E-state index contributed by atoms with van der Waals surface area (Å²) in [5.74, 6) is 0.693. The highest BCUT2D eigenvalue weighted by Crippen LogP contribution is 2.33. The zero-order valence-electron chi connectivity index (χ0n) is 15.1. The van der Waals surface area contributed by atoms with E-state index in [0.29, 0.717) is 17.3 Å². The van der Waals surface area contributed by atoms with Crippen molar-refractivity contribution in [2.75, 3.05) is 13.2 Å². The Kier molecular flexibility index (Phi) is 4.64. The fraction of sp³-hybridized carbons (Fsp3) is 0.400. The minimum absolute atomic E-state index is 0.168. The molecular formula is C20H24O4S. The largest absolute Gasteiger partial charge is 0.491 e. The smallest absolute Gasteiger partial charge is 0.206 e. The molecule has 0 bridgehead atoms. The van der Waals surface area contributed by atoms with Crippen LogP contribution < -0.4 is 4.74 Å². The molecule has 25 heavy (non-hydrogen) atoms. The standard InChI is InChI=1S/C20H24O4S/c1-14-11-16(9-10-18(14)24-13-15-12-23-15)25(21,22)19-8-6-5-7-17(19)20(2,3)4/h5-11,15H,12-13H2,1-4H3. The normalized spacial score (nSPS) is 17.4. The zero-order valence-corrected chi connectivity index (χ0v) is 15.9. The highest BCUT2D eigenvalue weighted by atomic mass is 32.2. The van der Waals surface area contributed by atoms with Crippen molar-refractivity contribution in [1.82, 2.24) is 0 Å². The predicted octanol–water partition coefficient (Wildman–Crippen LogP) is 3.90. The molecule has 1 fully saturated rings. The van der Waals surface area contributed by atoms with Crippen LogP contribution in [0.25, 0.3) is 0 Å². The third-order valence-corrected chi connectivity index (χ3v) is 6.08. The third-order valence-electron chi connectivity index (χ3n) is 4.27. The van der Waals surface area contributed by atoms with Gasteiger partial charge in [-0.2, -0.15) is 0 Å². The lowest BCUT2D eigenvalue weighted by molar-refractivity contribution is 0.261. The van der Waals surface area contributed by atoms with Crippen LogP contribution in [-0.2, 0) is 20.0 Å². The summed E-state index contributed by atoms with van der Waals surface area (Å²) in [6.07, 6.45) is 0.168. The monoisotopic (exact) mass is 360 g/mol. The lowest BCUT2D eigenvalue weighted by atomic mass is 9.87. The van der Waals surface area contributed by atoms with Gasteiger partial charge in [0.05, 0.1) is 16.4 Å². The number of benzene rings is 2. The second-order valence-electron chi connectivity index (χ2n) is 7.44. The first-order valence-electron chi connectivity index (χ1n) is 8.39. The number of hydrogen-bond donors (Lipinski definition) is 0. The molecule has 0 aliphatic carbocycles. The first kappa shape index (κ1) is 18.0. The van der Waals surface area contributed by atoms with Gasteiger partial charge in [-0.1, -0.05) is 39.0 Å². The van der Waals surface area contributed by atoms with Crippen LogP contribution in [0, 0.1) is 6.92 Å².